The number of sulfone groups is 2. The van der Waals surface area contributed by atoms with Crippen molar-refractivity contribution in [3.8, 4) is 0 Å². The van der Waals surface area contributed by atoms with Crippen LogP contribution in [0.2, 0.25) is 0 Å². The van der Waals surface area contributed by atoms with Crippen LogP contribution in [0.4, 0.5) is 43.9 Å². The fourth-order valence-corrected chi connectivity index (χ4v) is 6.59. The van der Waals surface area contributed by atoms with Gasteiger partial charge in [0.05, 0.1) is 9.79 Å². The lowest BCUT2D eigenvalue weighted by atomic mass is 10.2. The van der Waals surface area contributed by atoms with Crippen molar-refractivity contribution in [2.24, 2.45) is 0 Å². The Kier molecular flexibility index (Phi) is 8.00. The van der Waals surface area contributed by atoms with Crippen LogP contribution in [-0.2, 0) is 39.9 Å². The SMILES string of the molecule is O=S(=O)(O)c1cc(S(=O)(=O)C(F)(F)C(F)(F)C(F)(F)C(F)(F)S(=O)(=O)c2ccc(F)c(S(=O)(=O)O)c2)ccc1F. The molecule has 0 radical (unpaired) electrons. The van der Waals surface area contributed by atoms with E-state index in [1.807, 2.05) is 0 Å². The van der Waals surface area contributed by atoms with E-state index in [-0.39, 0.29) is 12.1 Å². The lowest BCUT2D eigenvalue weighted by Crippen LogP contribution is -2.66. The zero-order valence-electron chi connectivity index (χ0n) is 18.0. The standard InChI is InChI=1S/C16H8F10O10S4/c17-9-3-1-7(5-11(9)39(31,32)33)37(27,28)15(23,24)13(19,20)14(21,22)16(25,26)38(29,30)8-2-4-10(18)12(6-8)40(34,35)36/h1-6H,(H,31,32,33)(H,34,35,36). The zero-order chi connectivity index (χ0) is 31.7. The minimum atomic E-state index is -7.94. The summed E-state index contributed by atoms with van der Waals surface area (Å²) < 4.78 is 253. The Morgan fingerprint density at radius 1 is 0.500 bits per heavy atom. The van der Waals surface area contributed by atoms with E-state index in [9.17, 15) is 77.6 Å². The molecule has 2 N–H and O–H groups in total. The molecule has 0 aliphatic carbocycles. The minimum Gasteiger partial charge on any atom is -0.282 e. The predicted octanol–water partition coefficient (Wildman–Crippen LogP) is 3.16. The molecule has 226 valence electrons. The number of alkyl halides is 8. The maximum absolute atomic E-state index is 14.5. The highest BCUT2D eigenvalue weighted by Gasteiger charge is 2.87. The fourth-order valence-electron chi connectivity index (χ4n) is 2.70. The summed E-state index contributed by atoms with van der Waals surface area (Å²) in [6.45, 7) is 0. The van der Waals surface area contributed by atoms with Gasteiger partial charge in [-0.3, -0.25) is 9.11 Å². The maximum Gasteiger partial charge on any atom is 0.418 e. The van der Waals surface area contributed by atoms with Gasteiger partial charge in [-0.1, -0.05) is 0 Å². The predicted molar refractivity (Wildman–Crippen MR) is 107 cm³/mol. The fraction of sp³-hybridized carbons (Fsp3) is 0.250. The molecule has 0 amide bonds. The summed E-state index contributed by atoms with van der Waals surface area (Å²) >= 11 is 0. The average molecular weight is 678 g/mol. The molecule has 2 rings (SSSR count). The van der Waals surface area contributed by atoms with E-state index in [0.29, 0.717) is 0 Å². The normalized spacial score (nSPS) is 14.8. The third-order valence-electron chi connectivity index (χ3n) is 4.78. The van der Waals surface area contributed by atoms with E-state index in [4.69, 9.17) is 9.11 Å². The van der Waals surface area contributed by atoms with Gasteiger partial charge >= 0.3 is 22.4 Å². The second-order valence-corrected chi connectivity index (χ2v) is 14.1. The lowest BCUT2D eigenvalue weighted by Gasteiger charge is -2.35. The van der Waals surface area contributed by atoms with Gasteiger partial charge in [0.1, 0.15) is 21.4 Å². The Hall–Kier alpha value is -2.54. The van der Waals surface area contributed by atoms with Crippen LogP contribution in [0.1, 0.15) is 0 Å². The van der Waals surface area contributed by atoms with Crippen LogP contribution in [0, 0.1) is 11.6 Å². The minimum absolute atomic E-state index is 0.344. The molecule has 2 aromatic carbocycles. The Balaban J connectivity index is 2.78. The Bertz CT molecular complexity index is 1670. The summed E-state index contributed by atoms with van der Waals surface area (Å²) in [4.78, 5) is -9.24. The van der Waals surface area contributed by atoms with Gasteiger partial charge in [-0.25, -0.2) is 25.6 Å². The Morgan fingerprint density at radius 3 is 0.975 bits per heavy atom. The van der Waals surface area contributed by atoms with Crippen molar-refractivity contribution in [3.05, 3.63) is 48.0 Å². The largest absolute Gasteiger partial charge is 0.418 e. The molecule has 0 saturated carbocycles. The van der Waals surface area contributed by atoms with Crippen LogP contribution in [-0.4, -0.2) is 65.1 Å². The van der Waals surface area contributed by atoms with Crippen molar-refractivity contribution in [3.63, 3.8) is 0 Å². The molecule has 10 nitrogen and oxygen atoms in total. The lowest BCUT2D eigenvalue weighted by molar-refractivity contribution is -0.325. The Labute approximate surface area is 216 Å². The molecular formula is C16H8F10O10S4. The smallest absolute Gasteiger partial charge is 0.282 e. The van der Waals surface area contributed by atoms with E-state index in [2.05, 4.69) is 0 Å². The van der Waals surface area contributed by atoms with Gasteiger partial charge in [-0.15, -0.1) is 0 Å². The number of benzene rings is 2. The molecule has 0 saturated heterocycles. The first-order valence-corrected chi connectivity index (χ1v) is 14.9. The highest BCUT2D eigenvalue weighted by Crippen LogP contribution is 2.57. The first kappa shape index (κ1) is 33.7. The maximum atomic E-state index is 14.5. The van der Waals surface area contributed by atoms with Gasteiger partial charge < -0.3 is 0 Å². The number of halogens is 10. The first-order chi connectivity index (χ1) is 17.5. The van der Waals surface area contributed by atoms with Crippen molar-refractivity contribution in [1.82, 2.24) is 0 Å². The third-order valence-corrected chi connectivity index (χ3v) is 10.1. The number of rotatable bonds is 9. The highest BCUT2D eigenvalue weighted by atomic mass is 32.2. The van der Waals surface area contributed by atoms with Gasteiger partial charge in [0.25, 0.3) is 20.2 Å². The van der Waals surface area contributed by atoms with Crippen LogP contribution in [0.25, 0.3) is 0 Å². The second kappa shape index (κ2) is 9.50. The highest BCUT2D eigenvalue weighted by molar-refractivity contribution is 7.93. The van der Waals surface area contributed by atoms with Gasteiger partial charge in [0.2, 0.25) is 19.7 Å². The molecule has 0 aromatic heterocycles. The quantitative estimate of drug-likeness (QED) is 0.228. The van der Waals surface area contributed by atoms with Crippen LogP contribution in [0.5, 0.6) is 0 Å². The molecule has 40 heavy (non-hydrogen) atoms. The zero-order valence-corrected chi connectivity index (χ0v) is 21.3. The number of hydrogen-bond acceptors (Lipinski definition) is 8. The van der Waals surface area contributed by atoms with Crippen LogP contribution >= 0.6 is 0 Å². The molecule has 2 aromatic rings. The topological polar surface area (TPSA) is 177 Å². The molecule has 0 spiro atoms. The van der Waals surface area contributed by atoms with Crippen LogP contribution in [0.3, 0.4) is 0 Å². The van der Waals surface area contributed by atoms with Gasteiger partial charge in [-0.05, 0) is 36.4 Å². The summed E-state index contributed by atoms with van der Waals surface area (Å²) in [6, 6.07) is -3.08. The van der Waals surface area contributed by atoms with E-state index < -0.39 is 118 Å². The molecule has 0 aliphatic heterocycles. The summed E-state index contributed by atoms with van der Waals surface area (Å²) in [5, 5.41) is -14.9. The van der Waals surface area contributed by atoms with Gasteiger partial charge in [-0.2, -0.15) is 52.0 Å². The summed E-state index contributed by atoms with van der Waals surface area (Å²) in [5.41, 5.74) is 0. The molecule has 0 heterocycles. The summed E-state index contributed by atoms with van der Waals surface area (Å²) in [5.74, 6) is -20.0. The molecule has 0 fully saturated rings. The van der Waals surface area contributed by atoms with Gasteiger partial charge in [0, 0.05) is 0 Å². The van der Waals surface area contributed by atoms with Crippen LogP contribution < -0.4 is 0 Å². The summed E-state index contributed by atoms with van der Waals surface area (Å²) in [7, 11) is -26.6. The van der Waals surface area contributed by atoms with E-state index in [1.165, 1.54) is 0 Å². The van der Waals surface area contributed by atoms with Crippen LogP contribution in [0.15, 0.2) is 56.0 Å². The third kappa shape index (κ3) is 4.93. The van der Waals surface area contributed by atoms with E-state index in [0.717, 1.165) is 0 Å². The van der Waals surface area contributed by atoms with Crippen molar-refractivity contribution in [2.75, 3.05) is 0 Å². The molecule has 0 aliphatic rings. The van der Waals surface area contributed by atoms with Gasteiger partial charge in [0.15, 0.2) is 0 Å². The molecule has 0 bridgehead atoms. The molecule has 0 unspecified atom stereocenters. The Morgan fingerprint density at radius 2 is 0.750 bits per heavy atom. The van der Waals surface area contributed by atoms with Crippen molar-refractivity contribution in [1.29, 1.82) is 0 Å². The average Bonchev–Trinajstić information content (AvgIpc) is 2.77. The van der Waals surface area contributed by atoms with E-state index >= 15 is 0 Å². The van der Waals surface area contributed by atoms with Crippen molar-refractivity contribution in [2.45, 2.75) is 41.9 Å². The second-order valence-electron chi connectivity index (χ2n) is 7.32. The first-order valence-electron chi connectivity index (χ1n) is 9.04. The summed E-state index contributed by atoms with van der Waals surface area (Å²) in [6.07, 6.45) is 0. The van der Waals surface area contributed by atoms with E-state index in [1.54, 1.807) is 0 Å². The molecule has 24 heteroatoms. The molecule has 0 atom stereocenters. The number of hydrogen-bond donors (Lipinski definition) is 2. The molecular weight excluding hydrogens is 670 g/mol. The monoisotopic (exact) mass is 678 g/mol. The van der Waals surface area contributed by atoms with Crippen molar-refractivity contribution < 1.29 is 86.7 Å². The van der Waals surface area contributed by atoms with Crippen molar-refractivity contribution >= 4 is 39.9 Å².